The van der Waals surface area contributed by atoms with E-state index in [-0.39, 0.29) is 33.1 Å². The SMILES string of the molecule is O=C1N[C@@H](c2cc(F)ccc2Cl)c2c(NC(=O)N3C[C@](O)(C(F)(F)F)c4cc(F)ccc43)ccc(-n3cccn3)c21. The smallest absolute Gasteiger partial charge is 0.375 e. The standard InChI is InChI=1S/C27H17ClF5N5O3/c28-17-4-2-13(29)10-15(17)23-21-18(5-7-20(22(21)24(39)36-23)38-9-1-8-34-38)35-25(40)37-12-26(41,27(31,32)33)16-11-14(30)3-6-19(16)37/h1-11,23,41H,12H2,(H,35,40)(H,36,39)/t23-,26+/m0/s1. The van der Waals surface area contributed by atoms with Crippen LogP contribution in [0.5, 0.6) is 0 Å². The Bertz CT molecular complexity index is 1730. The third-order valence-corrected chi connectivity index (χ3v) is 7.42. The van der Waals surface area contributed by atoms with Crippen molar-refractivity contribution in [3.8, 4) is 5.69 Å². The van der Waals surface area contributed by atoms with Crippen LogP contribution < -0.4 is 15.5 Å². The Hall–Kier alpha value is -4.49. The number of nitrogens with zero attached hydrogens (tertiary/aromatic N) is 3. The van der Waals surface area contributed by atoms with Crippen molar-refractivity contribution in [2.75, 3.05) is 16.8 Å². The summed E-state index contributed by atoms with van der Waals surface area (Å²) in [6, 6.07) is 8.22. The molecule has 2 aliphatic heterocycles. The lowest BCUT2D eigenvalue weighted by atomic mass is 9.95. The van der Waals surface area contributed by atoms with Crippen molar-refractivity contribution in [1.29, 1.82) is 0 Å². The number of anilines is 2. The zero-order chi connectivity index (χ0) is 29.3. The van der Waals surface area contributed by atoms with E-state index in [1.807, 2.05) is 0 Å². The van der Waals surface area contributed by atoms with Crippen molar-refractivity contribution in [3.05, 3.63) is 106 Å². The molecule has 4 aromatic rings. The van der Waals surface area contributed by atoms with Crippen LogP contribution in [-0.2, 0) is 5.60 Å². The van der Waals surface area contributed by atoms with Crippen molar-refractivity contribution in [2.45, 2.75) is 17.8 Å². The predicted molar refractivity (Wildman–Crippen MR) is 137 cm³/mol. The van der Waals surface area contributed by atoms with Crippen LogP contribution in [0.2, 0.25) is 5.02 Å². The van der Waals surface area contributed by atoms with E-state index >= 15 is 0 Å². The van der Waals surface area contributed by atoms with Crippen LogP contribution in [0.25, 0.3) is 5.69 Å². The molecule has 3 amide bonds. The van der Waals surface area contributed by atoms with E-state index in [4.69, 9.17) is 11.6 Å². The zero-order valence-corrected chi connectivity index (χ0v) is 21.3. The second kappa shape index (κ2) is 9.28. The molecule has 2 aliphatic rings. The number of hydrogen-bond donors (Lipinski definition) is 3. The highest BCUT2D eigenvalue weighted by Gasteiger charge is 2.61. The van der Waals surface area contributed by atoms with Gasteiger partial charge in [-0.25, -0.2) is 18.3 Å². The van der Waals surface area contributed by atoms with Gasteiger partial charge >= 0.3 is 12.2 Å². The molecule has 0 saturated carbocycles. The highest BCUT2D eigenvalue weighted by molar-refractivity contribution is 6.31. The lowest BCUT2D eigenvalue weighted by Crippen LogP contribution is -2.48. The quantitative estimate of drug-likeness (QED) is 0.277. The van der Waals surface area contributed by atoms with Gasteiger partial charge in [-0.05, 0) is 54.6 Å². The Kier molecular flexibility index (Phi) is 6.05. The van der Waals surface area contributed by atoms with Gasteiger partial charge in [0.05, 0.1) is 29.5 Å². The third-order valence-electron chi connectivity index (χ3n) is 7.07. The summed E-state index contributed by atoms with van der Waals surface area (Å²) in [5.74, 6) is -2.27. The molecule has 0 unspecified atom stereocenters. The first-order valence-electron chi connectivity index (χ1n) is 12.0. The maximum Gasteiger partial charge on any atom is 0.423 e. The third kappa shape index (κ3) is 4.19. The number of fused-ring (bicyclic) bond motifs is 2. The minimum atomic E-state index is -5.23. The fourth-order valence-electron chi connectivity index (χ4n) is 5.18. The Morgan fingerprint density at radius 2 is 1.80 bits per heavy atom. The van der Waals surface area contributed by atoms with Gasteiger partial charge in [0, 0.05) is 39.8 Å². The number of carbonyl (C=O) groups excluding carboxylic acids is 2. The molecule has 210 valence electrons. The summed E-state index contributed by atoms with van der Waals surface area (Å²) in [6.07, 6.45) is -2.18. The van der Waals surface area contributed by atoms with Crippen LogP contribution in [0.3, 0.4) is 0 Å². The second-order valence-corrected chi connectivity index (χ2v) is 9.89. The Balaban J connectivity index is 1.46. The van der Waals surface area contributed by atoms with E-state index in [2.05, 4.69) is 15.7 Å². The topological polar surface area (TPSA) is 99.5 Å². The van der Waals surface area contributed by atoms with Gasteiger partial charge in [0.15, 0.2) is 0 Å². The number of urea groups is 1. The molecule has 0 spiro atoms. The van der Waals surface area contributed by atoms with Gasteiger partial charge < -0.3 is 15.7 Å². The van der Waals surface area contributed by atoms with E-state index < -0.39 is 53.5 Å². The number of amides is 3. The molecule has 3 heterocycles. The molecule has 6 rings (SSSR count). The van der Waals surface area contributed by atoms with Crippen molar-refractivity contribution in [3.63, 3.8) is 0 Å². The minimum Gasteiger partial charge on any atom is -0.375 e. The van der Waals surface area contributed by atoms with Crippen molar-refractivity contribution >= 4 is 34.9 Å². The highest BCUT2D eigenvalue weighted by Crippen LogP contribution is 2.49. The number of β-amino-alcohol motifs (C(OH)–C–C–N with tert-alkyl or cyclic N) is 1. The second-order valence-electron chi connectivity index (χ2n) is 9.48. The molecule has 0 aliphatic carbocycles. The number of hydrogen-bond acceptors (Lipinski definition) is 4. The number of halogens is 6. The van der Waals surface area contributed by atoms with Gasteiger partial charge in [0.25, 0.3) is 5.91 Å². The van der Waals surface area contributed by atoms with E-state index in [1.165, 1.54) is 29.1 Å². The Labute approximate surface area is 232 Å². The van der Waals surface area contributed by atoms with Gasteiger partial charge in [0.1, 0.15) is 11.6 Å². The average Bonchev–Trinajstić information content (AvgIpc) is 3.64. The lowest BCUT2D eigenvalue weighted by molar-refractivity contribution is -0.258. The van der Waals surface area contributed by atoms with Gasteiger partial charge in [-0.1, -0.05) is 11.6 Å². The van der Waals surface area contributed by atoms with E-state index in [0.29, 0.717) is 16.7 Å². The van der Waals surface area contributed by atoms with Crippen molar-refractivity contribution in [2.24, 2.45) is 0 Å². The molecular weight excluding hydrogens is 573 g/mol. The summed E-state index contributed by atoms with van der Waals surface area (Å²) >= 11 is 6.34. The first kappa shape index (κ1) is 26.7. The van der Waals surface area contributed by atoms with E-state index in [1.54, 1.807) is 12.3 Å². The molecule has 0 saturated heterocycles. The van der Waals surface area contributed by atoms with Crippen molar-refractivity contribution in [1.82, 2.24) is 15.1 Å². The molecule has 0 radical (unpaired) electrons. The number of carbonyl (C=O) groups is 2. The molecule has 3 aromatic carbocycles. The molecule has 2 atom stereocenters. The van der Waals surface area contributed by atoms with E-state index in [0.717, 1.165) is 24.3 Å². The Morgan fingerprint density at radius 1 is 1.10 bits per heavy atom. The van der Waals surface area contributed by atoms with Crippen LogP contribution in [0.4, 0.5) is 38.1 Å². The maximum atomic E-state index is 14.2. The number of nitrogens with one attached hydrogen (secondary N) is 2. The summed E-state index contributed by atoms with van der Waals surface area (Å²) in [4.78, 5) is 27.3. The first-order valence-corrected chi connectivity index (χ1v) is 12.4. The summed E-state index contributed by atoms with van der Waals surface area (Å²) in [7, 11) is 0. The summed E-state index contributed by atoms with van der Waals surface area (Å²) < 4.78 is 71.2. The minimum absolute atomic E-state index is 0.00399. The highest BCUT2D eigenvalue weighted by atomic mass is 35.5. The predicted octanol–water partition coefficient (Wildman–Crippen LogP) is 5.44. The number of alkyl halides is 3. The molecule has 1 aromatic heterocycles. The molecule has 14 heteroatoms. The van der Waals surface area contributed by atoms with Crippen LogP contribution in [0.15, 0.2) is 67.0 Å². The molecule has 8 nitrogen and oxygen atoms in total. The summed E-state index contributed by atoms with van der Waals surface area (Å²) in [5.41, 5.74) is -4.00. The first-order chi connectivity index (χ1) is 19.4. The number of aromatic nitrogens is 2. The monoisotopic (exact) mass is 589 g/mol. The number of aliphatic hydroxyl groups is 1. The fraction of sp³-hybridized carbons (Fsp3) is 0.148. The zero-order valence-electron chi connectivity index (χ0n) is 20.5. The molecule has 3 N–H and O–H groups in total. The van der Waals surface area contributed by atoms with E-state index in [9.17, 15) is 36.6 Å². The summed E-state index contributed by atoms with van der Waals surface area (Å²) in [6.45, 7) is -1.25. The lowest BCUT2D eigenvalue weighted by Gasteiger charge is -2.27. The van der Waals surface area contributed by atoms with Crippen LogP contribution in [0, 0.1) is 11.6 Å². The van der Waals surface area contributed by atoms with Crippen molar-refractivity contribution < 1.29 is 36.6 Å². The normalized spacial score (nSPS) is 19.6. The Morgan fingerprint density at radius 3 is 2.51 bits per heavy atom. The average molecular weight is 590 g/mol. The molecular formula is C27H17ClF5N5O3. The van der Waals surface area contributed by atoms with Crippen LogP contribution >= 0.6 is 11.6 Å². The van der Waals surface area contributed by atoms with Crippen LogP contribution in [0.1, 0.15) is 33.1 Å². The van der Waals surface area contributed by atoms with Gasteiger partial charge in [0.2, 0.25) is 5.60 Å². The molecule has 0 bridgehead atoms. The molecule has 41 heavy (non-hydrogen) atoms. The number of rotatable bonds is 3. The van der Waals surface area contributed by atoms with Crippen LogP contribution in [-0.4, -0.2) is 39.5 Å². The molecule has 0 fully saturated rings. The summed E-state index contributed by atoms with van der Waals surface area (Å²) in [5, 5.41) is 20.0. The van der Waals surface area contributed by atoms with Gasteiger partial charge in [-0.15, -0.1) is 0 Å². The fourth-order valence-corrected chi connectivity index (χ4v) is 5.41. The van der Waals surface area contributed by atoms with Gasteiger partial charge in [-0.3, -0.25) is 9.69 Å². The largest absolute Gasteiger partial charge is 0.423 e. The van der Waals surface area contributed by atoms with Gasteiger partial charge in [-0.2, -0.15) is 18.3 Å². The maximum absolute atomic E-state index is 14.2. The number of benzene rings is 3.